The molecule has 4 heteroatoms. The maximum atomic E-state index is 4.26. The molecule has 0 saturated carbocycles. The average Bonchev–Trinajstić information content (AvgIpc) is 2.63. The highest BCUT2D eigenvalue weighted by Gasteiger charge is 1.97. The van der Waals surface area contributed by atoms with Crippen molar-refractivity contribution in [2.45, 2.75) is 33.4 Å². The number of aromatic nitrogens is 3. The van der Waals surface area contributed by atoms with Crippen LogP contribution in [0.5, 0.6) is 0 Å². The zero-order chi connectivity index (χ0) is 10.2. The lowest BCUT2D eigenvalue weighted by Crippen LogP contribution is -2.15. The van der Waals surface area contributed by atoms with E-state index < -0.39 is 0 Å². The van der Waals surface area contributed by atoms with Gasteiger partial charge >= 0.3 is 0 Å². The summed E-state index contributed by atoms with van der Waals surface area (Å²) in [5.41, 5.74) is 0. The molecule has 1 aromatic rings. The van der Waals surface area contributed by atoms with Gasteiger partial charge in [0, 0.05) is 0 Å². The summed E-state index contributed by atoms with van der Waals surface area (Å²) < 4.78 is 1.75. The van der Waals surface area contributed by atoms with E-state index in [1.54, 1.807) is 11.0 Å². The van der Waals surface area contributed by atoms with E-state index in [4.69, 9.17) is 0 Å². The minimum atomic E-state index is 0.622. The Labute approximate surface area is 84.7 Å². The highest BCUT2D eigenvalue weighted by Crippen LogP contribution is 1.89. The predicted octanol–water partition coefficient (Wildman–Crippen LogP) is 0.801. The van der Waals surface area contributed by atoms with Crippen molar-refractivity contribution in [3.63, 3.8) is 0 Å². The van der Waals surface area contributed by atoms with Crippen LogP contribution in [-0.2, 0) is 13.1 Å². The monoisotopic (exact) mass is 192 g/mol. The maximum absolute atomic E-state index is 4.26. The number of nitrogens with zero attached hydrogens (tertiary/aromatic N) is 3. The topological polar surface area (TPSA) is 42.7 Å². The molecule has 14 heavy (non-hydrogen) atoms. The van der Waals surface area contributed by atoms with Gasteiger partial charge in [-0.3, -0.25) is 0 Å². The molecular formula is C10H16N4. The fourth-order valence-electron chi connectivity index (χ4n) is 1.03. The van der Waals surface area contributed by atoms with Gasteiger partial charge in [-0.15, -0.1) is 5.92 Å². The predicted molar refractivity (Wildman–Crippen MR) is 55.5 cm³/mol. The minimum Gasteiger partial charge on any atom is -0.310 e. The van der Waals surface area contributed by atoms with Crippen molar-refractivity contribution in [3.05, 3.63) is 12.2 Å². The first-order chi connectivity index (χ1) is 6.86. The van der Waals surface area contributed by atoms with E-state index in [0.717, 1.165) is 25.3 Å². The van der Waals surface area contributed by atoms with Gasteiger partial charge in [-0.1, -0.05) is 12.8 Å². The molecule has 4 nitrogen and oxygen atoms in total. The largest absolute Gasteiger partial charge is 0.310 e. The van der Waals surface area contributed by atoms with Crippen molar-refractivity contribution < 1.29 is 0 Å². The highest BCUT2D eigenvalue weighted by atomic mass is 15.3. The summed E-state index contributed by atoms with van der Waals surface area (Å²) in [5, 5.41) is 7.51. The Hall–Kier alpha value is -1.34. The number of nitrogens with one attached hydrogen (secondary N) is 1. The lowest BCUT2D eigenvalue weighted by atomic mass is 10.5. The van der Waals surface area contributed by atoms with Crippen LogP contribution < -0.4 is 5.32 Å². The van der Waals surface area contributed by atoms with Crippen LogP contribution in [0.25, 0.3) is 0 Å². The molecule has 76 valence electrons. The van der Waals surface area contributed by atoms with Crippen LogP contribution in [0.3, 0.4) is 0 Å². The van der Waals surface area contributed by atoms with E-state index >= 15 is 0 Å². The molecule has 1 rings (SSSR count). The zero-order valence-corrected chi connectivity index (χ0v) is 8.75. The van der Waals surface area contributed by atoms with Gasteiger partial charge in [-0.05, 0) is 19.9 Å². The lowest BCUT2D eigenvalue weighted by Gasteiger charge is -1.97. The normalized spacial score (nSPS) is 9.57. The van der Waals surface area contributed by atoms with Crippen molar-refractivity contribution in [1.29, 1.82) is 0 Å². The quantitative estimate of drug-likeness (QED) is 0.554. The molecule has 0 bridgehead atoms. The third kappa shape index (κ3) is 3.58. The summed E-state index contributed by atoms with van der Waals surface area (Å²) in [6, 6.07) is 0. The van der Waals surface area contributed by atoms with Crippen LogP contribution in [0.1, 0.15) is 26.1 Å². The summed E-state index contributed by atoms with van der Waals surface area (Å²) in [5.74, 6) is 6.59. The standard InChI is InChI=1S/C10H16N4/c1-3-5-7-14-9-12-10(13-14)8-11-6-4-2/h9,11H,4,6-8H2,1-2H3. The lowest BCUT2D eigenvalue weighted by molar-refractivity contribution is 0.632. The van der Waals surface area contributed by atoms with Crippen molar-refractivity contribution in [2.24, 2.45) is 0 Å². The molecule has 1 aromatic heterocycles. The molecule has 0 atom stereocenters. The Morgan fingerprint density at radius 3 is 3.14 bits per heavy atom. The second kappa shape index (κ2) is 6.17. The molecule has 1 N–H and O–H groups in total. The van der Waals surface area contributed by atoms with Crippen LogP contribution in [0.15, 0.2) is 6.33 Å². The van der Waals surface area contributed by atoms with E-state index in [1.807, 2.05) is 6.92 Å². The molecule has 0 aliphatic heterocycles. The first kappa shape index (κ1) is 10.7. The summed E-state index contributed by atoms with van der Waals surface area (Å²) in [7, 11) is 0. The molecule has 0 spiro atoms. The second-order valence-electron chi connectivity index (χ2n) is 2.96. The fourth-order valence-corrected chi connectivity index (χ4v) is 1.03. The highest BCUT2D eigenvalue weighted by molar-refractivity contribution is 4.95. The van der Waals surface area contributed by atoms with E-state index in [1.165, 1.54) is 0 Å². The molecule has 0 amide bonds. The van der Waals surface area contributed by atoms with E-state index in [0.29, 0.717) is 6.54 Å². The Bertz CT molecular complexity index is 318. The van der Waals surface area contributed by atoms with Crippen LogP contribution >= 0.6 is 0 Å². The van der Waals surface area contributed by atoms with Gasteiger partial charge in [0.2, 0.25) is 0 Å². The van der Waals surface area contributed by atoms with Gasteiger partial charge in [0.25, 0.3) is 0 Å². The van der Waals surface area contributed by atoms with Crippen LogP contribution in [-0.4, -0.2) is 21.3 Å². The third-order valence-electron chi connectivity index (χ3n) is 1.71. The van der Waals surface area contributed by atoms with Crippen molar-refractivity contribution in [3.8, 4) is 11.8 Å². The first-order valence-electron chi connectivity index (χ1n) is 4.85. The molecule has 0 aliphatic rings. The van der Waals surface area contributed by atoms with E-state index in [-0.39, 0.29) is 0 Å². The molecule has 1 heterocycles. The Kier molecular flexibility index (Phi) is 4.73. The molecule has 0 aliphatic carbocycles. The SMILES string of the molecule is CC#CCn1cnc(CNCCC)n1. The Morgan fingerprint density at radius 1 is 1.57 bits per heavy atom. The maximum Gasteiger partial charge on any atom is 0.164 e. The molecule has 0 radical (unpaired) electrons. The molecule has 0 saturated heterocycles. The summed E-state index contributed by atoms with van der Waals surface area (Å²) in [6.45, 7) is 6.32. The average molecular weight is 192 g/mol. The van der Waals surface area contributed by atoms with Crippen molar-refractivity contribution >= 4 is 0 Å². The van der Waals surface area contributed by atoms with Gasteiger partial charge in [-0.25, -0.2) is 9.67 Å². The number of hydrogen-bond donors (Lipinski definition) is 1. The van der Waals surface area contributed by atoms with E-state index in [9.17, 15) is 0 Å². The second-order valence-corrected chi connectivity index (χ2v) is 2.96. The number of rotatable bonds is 5. The number of hydrogen-bond acceptors (Lipinski definition) is 3. The minimum absolute atomic E-state index is 0.622. The van der Waals surface area contributed by atoms with E-state index in [2.05, 4.69) is 34.2 Å². The van der Waals surface area contributed by atoms with Crippen molar-refractivity contribution in [2.75, 3.05) is 6.54 Å². The molecular weight excluding hydrogens is 176 g/mol. The van der Waals surface area contributed by atoms with Gasteiger partial charge in [0.1, 0.15) is 12.9 Å². The van der Waals surface area contributed by atoms with Crippen LogP contribution in [0.4, 0.5) is 0 Å². The van der Waals surface area contributed by atoms with Crippen LogP contribution in [0, 0.1) is 11.8 Å². The third-order valence-corrected chi connectivity index (χ3v) is 1.71. The van der Waals surface area contributed by atoms with Gasteiger partial charge in [0.15, 0.2) is 5.82 Å². The smallest absolute Gasteiger partial charge is 0.164 e. The van der Waals surface area contributed by atoms with Gasteiger partial charge in [-0.2, -0.15) is 5.10 Å². The van der Waals surface area contributed by atoms with Crippen LogP contribution in [0.2, 0.25) is 0 Å². The summed E-state index contributed by atoms with van der Waals surface area (Å²) in [4.78, 5) is 4.16. The molecule has 0 unspecified atom stereocenters. The summed E-state index contributed by atoms with van der Waals surface area (Å²) in [6.07, 6.45) is 2.84. The first-order valence-corrected chi connectivity index (χ1v) is 4.85. The Balaban J connectivity index is 2.37. The van der Waals surface area contributed by atoms with Gasteiger partial charge in [0.05, 0.1) is 6.54 Å². The Morgan fingerprint density at radius 2 is 2.43 bits per heavy atom. The van der Waals surface area contributed by atoms with Gasteiger partial charge < -0.3 is 5.32 Å². The molecule has 0 aromatic carbocycles. The van der Waals surface area contributed by atoms with Crippen molar-refractivity contribution in [1.82, 2.24) is 20.1 Å². The zero-order valence-electron chi connectivity index (χ0n) is 8.75. The summed E-state index contributed by atoms with van der Waals surface area (Å²) >= 11 is 0. The molecule has 0 fully saturated rings. The fraction of sp³-hybridized carbons (Fsp3) is 0.600.